The van der Waals surface area contributed by atoms with E-state index in [-0.39, 0.29) is 0 Å². The summed E-state index contributed by atoms with van der Waals surface area (Å²) < 4.78 is 0. The van der Waals surface area contributed by atoms with Crippen LogP contribution in [0.15, 0.2) is 0 Å². The fourth-order valence-electron chi connectivity index (χ4n) is 2.76. The Morgan fingerprint density at radius 3 is 2.50 bits per heavy atom. The summed E-state index contributed by atoms with van der Waals surface area (Å²) in [7, 11) is 4.10. The number of nitrogens with zero attached hydrogens (tertiary/aromatic N) is 3. The Bertz CT molecular complexity index is 411. The molecule has 1 aromatic heterocycles. The van der Waals surface area contributed by atoms with Gasteiger partial charge in [-0.15, -0.1) is 0 Å². The van der Waals surface area contributed by atoms with Crippen molar-refractivity contribution in [3.8, 4) is 0 Å². The number of hydrogen-bond acceptors (Lipinski definition) is 4. The molecule has 1 aliphatic carbocycles. The van der Waals surface area contributed by atoms with Gasteiger partial charge in [0, 0.05) is 32.1 Å². The van der Waals surface area contributed by atoms with E-state index in [1.54, 1.807) is 0 Å². The SMILES string of the molecule is CCc1nc(NC)c(C)c(N(C)C2CCCC2)n1. The average molecular weight is 248 g/mol. The van der Waals surface area contributed by atoms with Crippen LogP contribution in [0, 0.1) is 6.92 Å². The van der Waals surface area contributed by atoms with E-state index < -0.39 is 0 Å². The maximum Gasteiger partial charge on any atom is 0.137 e. The molecule has 4 heteroatoms. The van der Waals surface area contributed by atoms with Crippen molar-refractivity contribution in [3.63, 3.8) is 0 Å². The second-order valence-electron chi connectivity index (χ2n) is 5.09. The highest BCUT2D eigenvalue weighted by molar-refractivity contribution is 5.58. The third-order valence-corrected chi connectivity index (χ3v) is 3.93. The lowest BCUT2D eigenvalue weighted by Gasteiger charge is -2.27. The lowest BCUT2D eigenvalue weighted by atomic mass is 10.2. The standard InChI is InChI=1S/C14H24N4/c1-5-12-16-13(15-3)10(2)14(17-12)18(4)11-8-6-7-9-11/h11H,5-9H2,1-4H3,(H,15,16,17). The molecule has 18 heavy (non-hydrogen) atoms. The van der Waals surface area contributed by atoms with E-state index in [4.69, 9.17) is 4.98 Å². The van der Waals surface area contributed by atoms with E-state index in [2.05, 4.69) is 36.1 Å². The maximum absolute atomic E-state index is 4.72. The van der Waals surface area contributed by atoms with Gasteiger partial charge >= 0.3 is 0 Å². The smallest absolute Gasteiger partial charge is 0.137 e. The molecular formula is C14H24N4. The van der Waals surface area contributed by atoms with E-state index in [0.29, 0.717) is 6.04 Å². The van der Waals surface area contributed by atoms with Gasteiger partial charge in [0.2, 0.25) is 0 Å². The van der Waals surface area contributed by atoms with E-state index in [0.717, 1.165) is 29.4 Å². The largest absolute Gasteiger partial charge is 0.373 e. The van der Waals surface area contributed by atoms with Crippen LogP contribution < -0.4 is 10.2 Å². The van der Waals surface area contributed by atoms with Crippen molar-refractivity contribution in [1.82, 2.24) is 9.97 Å². The van der Waals surface area contributed by atoms with Crippen molar-refractivity contribution in [2.45, 2.75) is 52.0 Å². The first-order valence-electron chi connectivity index (χ1n) is 6.95. The van der Waals surface area contributed by atoms with Crippen LogP contribution in [0.3, 0.4) is 0 Å². The summed E-state index contributed by atoms with van der Waals surface area (Å²) in [6.07, 6.45) is 6.14. The van der Waals surface area contributed by atoms with Gasteiger partial charge in [-0.2, -0.15) is 0 Å². The zero-order valence-electron chi connectivity index (χ0n) is 12.0. The molecule has 0 saturated heterocycles. The van der Waals surface area contributed by atoms with Crippen LogP contribution >= 0.6 is 0 Å². The van der Waals surface area contributed by atoms with E-state index >= 15 is 0 Å². The highest BCUT2D eigenvalue weighted by Crippen LogP contribution is 2.29. The summed E-state index contributed by atoms with van der Waals surface area (Å²) in [4.78, 5) is 11.6. The van der Waals surface area contributed by atoms with Gasteiger partial charge in [-0.05, 0) is 19.8 Å². The fraction of sp³-hybridized carbons (Fsp3) is 0.714. The normalized spacial score (nSPS) is 16.0. The summed E-state index contributed by atoms with van der Waals surface area (Å²) in [5.41, 5.74) is 1.16. The van der Waals surface area contributed by atoms with Gasteiger partial charge in [-0.25, -0.2) is 9.97 Å². The van der Waals surface area contributed by atoms with Crippen molar-refractivity contribution >= 4 is 11.6 Å². The van der Waals surface area contributed by atoms with Gasteiger partial charge in [-0.3, -0.25) is 0 Å². The average Bonchev–Trinajstić information content (AvgIpc) is 2.92. The molecule has 0 aliphatic heterocycles. The molecule has 1 heterocycles. The Morgan fingerprint density at radius 1 is 1.28 bits per heavy atom. The first-order valence-corrected chi connectivity index (χ1v) is 6.95. The molecule has 1 N–H and O–H groups in total. The van der Waals surface area contributed by atoms with Crippen LogP contribution in [0.2, 0.25) is 0 Å². The zero-order chi connectivity index (χ0) is 13.1. The van der Waals surface area contributed by atoms with Crippen molar-refractivity contribution in [3.05, 3.63) is 11.4 Å². The molecule has 0 amide bonds. The first kappa shape index (κ1) is 13.1. The van der Waals surface area contributed by atoms with Crippen LogP contribution in [0.25, 0.3) is 0 Å². The Hall–Kier alpha value is -1.32. The molecular weight excluding hydrogens is 224 g/mol. The van der Waals surface area contributed by atoms with E-state index in [1.807, 2.05) is 7.05 Å². The molecule has 2 rings (SSSR count). The van der Waals surface area contributed by atoms with Crippen LogP contribution in [0.5, 0.6) is 0 Å². The van der Waals surface area contributed by atoms with E-state index in [9.17, 15) is 0 Å². The molecule has 1 fully saturated rings. The minimum atomic E-state index is 0.646. The van der Waals surface area contributed by atoms with Crippen molar-refractivity contribution in [2.75, 3.05) is 24.3 Å². The number of rotatable bonds is 4. The topological polar surface area (TPSA) is 41.1 Å². The van der Waals surface area contributed by atoms with Gasteiger partial charge in [0.25, 0.3) is 0 Å². The molecule has 0 aromatic carbocycles. The van der Waals surface area contributed by atoms with Gasteiger partial charge in [0.15, 0.2) is 0 Å². The molecule has 0 bridgehead atoms. The highest BCUT2D eigenvalue weighted by atomic mass is 15.2. The highest BCUT2D eigenvalue weighted by Gasteiger charge is 2.23. The lowest BCUT2D eigenvalue weighted by Crippen LogP contribution is -2.31. The summed E-state index contributed by atoms with van der Waals surface area (Å²) in [5.74, 6) is 2.98. The predicted molar refractivity (Wildman–Crippen MR) is 76.4 cm³/mol. The molecule has 0 atom stereocenters. The van der Waals surface area contributed by atoms with Crippen LogP contribution in [-0.4, -0.2) is 30.1 Å². The minimum Gasteiger partial charge on any atom is -0.373 e. The monoisotopic (exact) mass is 248 g/mol. The quantitative estimate of drug-likeness (QED) is 0.889. The van der Waals surface area contributed by atoms with Crippen LogP contribution in [0.4, 0.5) is 11.6 Å². The zero-order valence-corrected chi connectivity index (χ0v) is 12.0. The van der Waals surface area contributed by atoms with Crippen molar-refractivity contribution in [2.24, 2.45) is 0 Å². The Kier molecular flexibility index (Phi) is 4.04. The molecule has 0 radical (unpaired) electrons. The van der Waals surface area contributed by atoms with Gasteiger partial charge in [0.05, 0.1) is 0 Å². The molecule has 0 unspecified atom stereocenters. The fourth-order valence-corrected chi connectivity index (χ4v) is 2.76. The van der Waals surface area contributed by atoms with Crippen molar-refractivity contribution in [1.29, 1.82) is 0 Å². The van der Waals surface area contributed by atoms with Gasteiger partial charge < -0.3 is 10.2 Å². The van der Waals surface area contributed by atoms with Crippen LogP contribution in [-0.2, 0) is 6.42 Å². The number of anilines is 2. The van der Waals surface area contributed by atoms with E-state index in [1.165, 1.54) is 25.7 Å². The third-order valence-electron chi connectivity index (χ3n) is 3.93. The molecule has 4 nitrogen and oxygen atoms in total. The summed E-state index contributed by atoms with van der Waals surface area (Å²) in [6.45, 7) is 4.20. The van der Waals surface area contributed by atoms with Gasteiger partial charge in [-0.1, -0.05) is 19.8 Å². The minimum absolute atomic E-state index is 0.646. The van der Waals surface area contributed by atoms with Crippen LogP contribution in [0.1, 0.15) is 44.0 Å². The number of aromatic nitrogens is 2. The number of aryl methyl sites for hydroxylation is 1. The molecule has 1 aromatic rings. The van der Waals surface area contributed by atoms with Gasteiger partial charge in [0.1, 0.15) is 17.5 Å². The lowest BCUT2D eigenvalue weighted by molar-refractivity contribution is 0.642. The number of hydrogen-bond donors (Lipinski definition) is 1. The molecule has 1 aliphatic rings. The summed E-state index contributed by atoms with van der Waals surface area (Å²) in [5, 5.41) is 3.18. The van der Waals surface area contributed by atoms with Crippen molar-refractivity contribution < 1.29 is 0 Å². The molecule has 0 spiro atoms. The summed E-state index contributed by atoms with van der Waals surface area (Å²) in [6, 6.07) is 0.646. The number of nitrogens with one attached hydrogen (secondary N) is 1. The maximum atomic E-state index is 4.72. The first-order chi connectivity index (χ1) is 8.67. The Labute approximate surface area is 110 Å². The molecule has 1 saturated carbocycles. The Balaban J connectivity index is 2.35. The molecule has 100 valence electrons. The second kappa shape index (κ2) is 5.55. The third kappa shape index (κ3) is 2.42. The summed E-state index contributed by atoms with van der Waals surface area (Å²) >= 11 is 0. The predicted octanol–water partition coefficient (Wildman–Crippen LogP) is 2.77. The second-order valence-corrected chi connectivity index (χ2v) is 5.09. The Morgan fingerprint density at radius 2 is 1.94 bits per heavy atom.